The van der Waals surface area contributed by atoms with Gasteiger partial charge in [-0.05, 0) is 30.3 Å². The van der Waals surface area contributed by atoms with Crippen molar-refractivity contribution in [3.05, 3.63) is 48.7 Å². The Morgan fingerprint density at radius 2 is 1.86 bits per heavy atom. The Balaban J connectivity index is 2.16. The lowest BCUT2D eigenvalue weighted by Crippen LogP contribution is -1.92. The Hall–Kier alpha value is -1.97. The molecule has 1 N–H and O–H groups in total. The van der Waals surface area contributed by atoms with Crippen molar-refractivity contribution in [2.24, 2.45) is 0 Å². The fourth-order valence-corrected chi connectivity index (χ4v) is 1.05. The Kier molecular flexibility index (Phi) is 2.36. The number of hydrogen-bond donors (Lipinski definition) is 1. The van der Waals surface area contributed by atoms with E-state index in [1.165, 1.54) is 18.5 Å². The summed E-state index contributed by atoms with van der Waals surface area (Å²) in [4.78, 5) is 7.77. The highest BCUT2D eigenvalue weighted by atomic mass is 19.1. The summed E-state index contributed by atoms with van der Waals surface area (Å²) >= 11 is 0. The molecule has 0 atom stereocenters. The van der Waals surface area contributed by atoms with Gasteiger partial charge in [0.25, 0.3) is 0 Å². The van der Waals surface area contributed by atoms with E-state index in [9.17, 15) is 4.39 Å². The van der Waals surface area contributed by atoms with E-state index >= 15 is 0 Å². The predicted molar refractivity (Wildman–Crippen MR) is 51.7 cm³/mol. The van der Waals surface area contributed by atoms with Gasteiger partial charge in [-0.25, -0.2) is 14.4 Å². The highest BCUT2D eigenvalue weighted by Crippen LogP contribution is 2.13. The number of anilines is 2. The molecule has 4 heteroatoms. The molecule has 0 saturated carbocycles. The van der Waals surface area contributed by atoms with Crippen molar-refractivity contribution in [1.82, 2.24) is 9.97 Å². The van der Waals surface area contributed by atoms with Crippen LogP contribution in [0.1, 0.15) is 0 Å². The van der Waals surface area contributed by atoms with Crippen LogP contribution in [-0.4, -0.2) is 9.97 Å². The molecular weight excluding hydrogens is 181 g/mol. The molecule has 2 aromatic rings. The number of hydrogen-bond acceptors (Lipinski definition) is 3. The second-order valence-corrected chi connectivity index (χ2v) is 2.73. The summed E-state index contributed by atoms with van der Waals surface area (Å²) in [5, 5.41) is 3.01. The van der Waals surface area contributed by atoms with Crippen LogP contribution in [-0.2, 0) is 0 Å². The number of nitrogens with one attached hydrogen (secondary N) is 1. The van der Waals surface area contributed by atoms with Crippen molar-refractivity contribution >= 4 is 11.5 Å². The second kappa shape index (κ2) is 3.83. The largest absolute Gasteiger partial charge is 0.340 e. The zero-order chi connectivity index (χ0) is 9.80. The summed E-state index contributed by atoms with van der Waals surface area (Å²) in [6.45, 7) is 0. The third-order valence-electron chi connectivity index (χ3n) is 1.70. The minimum atomic E-state index is -0.252. The van der Waals surface area contributed by atoms with Gasteiger partial charge in [0.1, 0.15) is 18.0 Å². The minimum Gasteiger partial charge on any atom is -0.340 e. The van der Waals surface area contributed by atoms with Gasteiger partial charge >= 0.3 is 0 Å². The van der Waals surface area contributed by atoms with Crippen molar-refractivity contribution < 1.29 is 4.39 Å². The van der Waals surface area contributed by atoms with Gasteiger partial charge in [0.2, 0.25) is 0 Å². The first-order valence-electron chi connectivity index (χ1n) is 4.13. The van der Waals surface area contributed by atoms with Gasteiger partial charge in [-0.1, -0.05) is 0 Å². The fourth-order valence-electron chi connectivity index (χ4n) is 1.05. The highest BCUT2D eigenvalue weighted by molar-refractivity contribution is 5.54. The van der Waals surface area contributed by atoms with E-state index in [2.05, 4.69) is 15.3 Å². The first kappa shape index (κ1) is 8.62. The van der Waals surface area contributed by atoms with Crippen molar-refractivity contribution in [2.75, 3.05) is 5.32 Å². The smallest absolute Gasteiger partial charge is 0.133 e. The number of nitrogens with zero attached hydrogens (tertiary/aromatic N) is 2. The molecule has 2 rings (SSSR count). The van der Waals surface area contributed by atoms with Gasteiger partial charge in [0.05, 0.1) is 0 Å². The number of aromatic nitrogens is 2. The molecule has 0 unspecified atom stereocenters. The first-order chi connectivity index (χ1) is 6.84. The van der Waals surface area contributed by atoms with E-state index in [0.717, 1.165) is 5.69 Å². The zero-order valence-corrected chi connectivity index (χ0v) is 7.31. The lowest BCUT2D eigenvalue weighted by Gasteiger charge is -2.03. The summed E-state index contributed by atoms with van der Waals surface area (Å²) in [6, 6.07) is 7.82. The van der Waals surface area contributed by atoms with Crippen molar-refractivity contribution in [3.63, 3.8) is 0 Å². The summed E-state index contributed by atoms with van der Waals surface area (Å²) in [5.74, 6) is 0.435. The molecule has 0 aliphatic heterocycles. The summed E-state index contributed by atoms with van der Waals surface area (Å²) in [5.41, 5.74) is 0.796. The van der Waals surface area contributed by atoms with Crippen LogP contribution >= 0.6 is 0 Å². The number of halogens is 1. The Labute approximate surface area is 80.6 Å². The molecule has 0 spiro atoms. The van der Waals surface area contributed by atoms with Crippen LogP contribution in [0, 0.1) is 5.82 Å². The van der Waals surface area contributed by atoms with Gasteiger partial charge < -0.3 is 5.32 Å². The van der Waals surface area contributed by atoms with Crippen LogP contribution in [0.3, 0.4) is 0 Å². The fraction of sp³-hybridized carbons (Fsp3) is 0. The Bertz CT molecular complexity index is 399. The molecule has 1 aromatic heterocycles. The Morgan fingerprint density at radius 3 is 2.50 bits per heavy atom. The lowest BCUT2D eigenvalue weighted by molar-refractivity contribution is 0.628. The quantitative estimate of drug-likeness (QED) is 0.788. The molecule has 1 aromatic carbocycles. The van der Waals surface area contributed by atoms with Crippen molar-refractivity contribution in [2.45, 2.75) is 0 Å². The average molecular weight is 189 g/mol. The third kappa shape index (κ3) is 2.04. The molecule has 0 aliphatic rings. The molecule has 0 aliphatic carbocycles. The average Bonchev–Trinajstić information content (AvgIpc) is 2.23. The third-order valence-corrected chi connectivity index (χ3v) is 1.70. The molecule has 70 valence electrons. The van der Waals surface area contributed by atoms with Crippen LogP contribution in [0.2, 0.25) is 0 Å². The number of benzene rings is 1. The summed E-state index contributed by atoms with van der Waals surface area (Å²) in [7, 11) is 0. The van der Waals surface area contributed by atoms with Crippen LogP contribution in [0.5, 0.6) is 0 Å². The highest BCUT2D eigenvalue weighted by Gasteiger charge is 1.94. The van der Waals surface area contributed by atoms with Gasteiger partial charge in [-0.2, -0.15) is 0 Å². The van der Waals surface area contributed by atoms with E-state index < -0.39 is 0 Å². The number of rotatable bonds is 2. The van der Waals surface area contributed by atoms with Gasteiger partial charge in [-0.3, -0.25) is 0 Å². The predicted octanol–water partition coefficient (Wildman–Crippen LogP) is 2.36. The van der Waals surface area contributed by atoms with E-state index in [1.807, 2.05) is 0 Å². The van der Waals surface area contributed by atoms with Crippen LogP contribution in [0.15, 0.2) is 42.9 Å². The molecule has 1 heterocycles. The van der Waals surface area contributed by atoms with Crippen LogP contribution in [0.4, 0.5) is 15.9 Å². The molecule has 0 amide bonds. The second-order valence-electron chi connectivity index (χ2n) is 2.73. The minimum absolute atomic E-state index is 0.252. The van der Waals surface area contributed by atoms with Crippen molar-refractivity contribution in [3.8, 4) is 0 Å². The lowest BCUT2D eigenvalue weighted by atomic mass is 10.3. The standard InChI is InChI=1S/C10H8FN3/c11-8-1-3-9(4-2-8)14-10-5-6-12-7-13-10/h1-7H,(H,12,13,14). The molecular formula is C10H8FN3. The molecule has 0 saturated heterocycles. The van der Waals surface area contributed by atoms with Gasteiger partial charge in [0.15, 0.2) is 0 Å². The molecule has 0 radical (unpaired) electrons. The maximum atomic E-state index is 12.6. The van der Waals surface area contributed by atoms with E-state index in [1.54, 1.807) is 24.4 Å². The normalized spacial score (nSPS) is 9.79. The van der Waals surface area contributed by atoms with E-state index in [4.69, 9.17) is 0 Å². The maximum Gasteiger partial charge on any atom is 0.133 e. The molecule has 0 bridgehead atoms. The first-order valence-corrected chi connectivity index (χ1v) is 4.13. The SMILES string of the molecule is Fc1ccc(Nc2ccncn2)cc1. The van der Waals surface area contributed by atoms with Crippen LogP contribution in [0.25, 0.3) is 0 Å². The topological polar surface area (TPSA) is 37.8 Å². The monoisotopic (exact) mass is 189 g/mol. The van der Waals surface area contributed by atoms with Crippen LogP contribution < -0.4 is 5.32 Å². The van der Waals surface area contributed by atoms with Crippen molar-refractivity contribution in [1.29, 1.82) is 0 Å². The van der Waals surface area contributed by atoms with E-state index in [-0.39, 0.29) is 5.82 Å². The zero-order valence-electron chi connectivity index (χ0n) is 7.31. The summed E-state index contributed by atoms with van der Waals surface area (Å²) < 4.78 is 12.6. The van der Waals surface area contributed by atoms with Gasteiger partial charge in [-0.15, -0.1) is 0 Å². The Morgan fingerprint density at radius 1 is 1.07 bits per heavy atom. The maximum absolute atomic E-state index is 12.6. The van der Waals surface area contributed by atoms with E-state index in [0.29, 0.717) is 5.82 Å². The summed E-state index contributed by atoms with van der Waals surface area (Å²) in [6.07, 6.45) is 3.09. The molecule has 14 heavy (non-hydrogen) atoms. The van der Waals surface area contributed by atoms with Gasteiger partial charge in [0, 0.05) is 11.9 Å². The molecule has 3 nitrogen and oxygen atoms in total. The molecule has 0 fully saturated rings.